The molecule has 6 heteroatoms. The molecule has 4 rings (SSSR count). The summed E-state index contributed by atoms with van der Waals surface area (Å²) < 4.78 is 0. The zero-order valence-electron chi connectivity index (χ0n) is 12.4. The molecule has 0 unspecified atom stereocenters. The molecule has 0 bridgehead atoms. The summed E-state index contributed by atoms with van der Waals surface area (Å²) in [7, 11) is 0. The van der Waals surface area contributed by atoms with Crippen molar-refractivity contribution in [2.45, 2.75) is 26.4 Å². The van der Waals surface area contributed by atoms with Crippen molar-refractivity contribution in [2.75, 3.05) is 6.54 Å². The Labute approximate surface area is 133 Å². The molecule has 3 aromatic heterocycles. The van der Waals surface area contributed by atoms with Gasteiger partial charge in [0.2, 0.25) is 0 Å². The number of nitrogens with zero attached hydrogens (tertiary/aromatic N) is 4. The maximum absolute atomic E-state index is 4.75. The van der Waals surface area contributed by atoms with Crippen LogP contribution >= 0.6 is 11.3 Å². The third kappa shape index (κ3) is 2.67. The van der Waals surface area contributed by atoms with E-state index in [0.717, 1.165) is 48.3 Å². The molecule has 0 radical (unpaired) electrons. The van der Waals surface area contributed by atoms with Crippen LogP contribution in [0.1, 0.15) is 22.8 Å². The molecule has 0 spiro atoms. The molecule has 3 aromatic rings. The molecule has 0 saturated heterocycles. The molecule has 0 aliphatic carbocycles. The maximum atomic E-state index is 4.75. The minimum atomic E-state index is 0.847. The summed E-state index contributed by atoms with van der Waals surface area (Å²) in [6.07, 6.45) is 4.83. The van der Waals surface area contributed by atoms with E-state index in [9.17, 15) is 0 Å². The number of aromatic amines is 1. The van der Waals surface area contributed by atoms with Crippen molar-refractivity contribution in [2.24, 2.45) is 0 Å². The Morgan fingerprint density at radius 1 is 1.32 bits per heavy atom. The van der Waals surface area contributed by atoms with Crippen molar-refractivity contribution in [1.82, 2.24) is 24.8 Å². The van der Waals surface area contributed by atoms with Crippen LogP contribution in [-0.4, -0.2) is 31.4 Å². The van der Waals surface area contributed by atoms with Gasteiger partial charge in [0.05, 0.1) is 17.1 Å². The van der Waals surface area contributed by atoms with Crippen molar-refractivity contribution in [3.8, 4) is 10.7 Å². The highest BCUT2D eigenvalue weighted by atomic mass is 32.1. The first-order valence-electron chi connectivity index (χ1n) is 7.39. The lowest BCUT2D eigenvalue weighted by molar-refractivity contribution is 0.237. The van der Waals surface area contributed by atoms with Crippen molar-refractivity contribution in [3.63, 3.8) is 0 Å². The van der Waals surface area contributed by atoms with Gasteiger partial charge in [-0.3, -0.25) is 4.90 Å². The van der Waals surface area contributed by atoms with Gasteiger partial charge in [0.25, 0.3) is 0 Å². The smallest absolute Gasteiger partial charge is 0.169 e. The average Bonchev–Trinajstić information content (AvgIpc) is 3.19. The SMILES string of the molecule is Cc1cnc(CN2CCc3nc(-c4cccs4)ncc3C2)[nH]1. The van der Waals surface area contributed by atoms with Gasteiger partial charge in [-0.15, -0.1) is 11.3 Å². The maximum Gasteiger partial charge on any atom is 0.169 e. The average molecular weight is 311 g/mol. The fraction of sp³-hybridized carbons (Fsp3) is 0.312. The second-order valence-electron chi connectivity index (χ2n) is 5.62. The summed E-state index contributed by atoms with van der Waals surface area (Å²) in [5.41, 5.74) is 3.52. The molecule has 1 aliphatic rings. The largest absolute Gasteiger partial charge is 0.345 e. The van der Waals surface area contributed by atoms with Crippen molar-refractivity contribution in [3.05, 3.63) is 52.7 Å². The summed E-state index contributed by atoms with van der Waals surface area (Å²) >= 11 is 1.68. The molecule has 112 valence electrons. The first-order chi connectivity index (χ1) is 10.8. The minimum Gasteiger partial charge on any atom is -0.345 e. The third-order valence-electron chi connectivity index (χ3n) is 3.88. The lowest BCUT2D eigenvalue weighted by Crippen LogP contribution is -2.31. The fourth-order valence-corrected chi connectivity index (χ4v) is 3.46. The van der Waals surface area contributed by atoms with E-state index in [1.165, 1.54) is 11.3 Å². The van der Waals surface area contributed by atoms with E-state index in [-0.39, 0.29) is 0 Å². The number of thiophene rings is 1. The van der Waals surface area contributed by atoms with Crippen LogP contribution in [0, 0.1) is 6.92 Å². The van der Waals surface area contributed by atoms with Gasteiger partial charge in [0, 0.05) is 43.2 Å². The Balaban J connectivity index is 1.52. The molecule has 22 heavy (non-hydrogen) atoms. The van der Waals surface area contributed by atoms with Crippen LogP contribution in [0.3, 0.4) is 0 Å². The van der Waals surface area contributed by atoms with Gasteiger partial charge < -0.3 is 4.98 Å². The van der Waals surface area contributed by atoms with E-state index in [4.69, 9.17) is 4.98 Å². The molecule has 1 N–H and O–H groups in total. The standard InChI is InChI=1S/C16H17N5S/c1-11-7-17-15(19-11)10-21-5-4-13-12(9-21)8-18-16(20-13)14-3-2-6-22-14/h2-3,6-8H,4-5,9-10H2,1H3,(H,17,19). The van der Waals surface area contributed by atoms with Gasteiger partial charge in [-0.05, 0) is 18.4 Å². The third-order valence-corrected chi connectivity index (χ3v) is 4.75. The highest BCUT2D eigenvalue weighted by molar-refractivity contribution is 7.13. The number of hydrogen-bond acceptors (Lipinski definition) is 5. The highest BCUT2D eigenvalue weighted by Crippen LogP contribution is 2.24. The van der Waals surface area contributed by atoms with Gasteiger partial charge >= 0.3 is 0 Å². The van der Waals surface area contributed by atoms with E-state index >= 15 is 0 Å². The van der Waals surface area contributed by atoms with Crippen LogP contribution < -0.4 is 0 Å². The molecule has 1 aliphatic heterocycles. The Morgan fingerprint density at radius 2 is 2.27 bits per heavy atom. The Kier molecular flexibility index (Phi) is 3.48. The number of hydrogen-bond donors (Lipinski definition) is 1. The van der Waals surface area contributed by atoms with E-state index in [1.807, 2.05) is 25.4 Å². The monoisotopic (exact) mass is 311 g/mol. The highest BCUT2D eigenvalue weighted by Gasteiger charge is 2.19. The predicted molar refractivity (Wildman–Crippen MR) is 86.5 cm³/mol. The summed E-state index contributed by atoms with van der Waals surface area (Å²) in [5, 5.41) is 2.06. The number of H-pyrrole nitrogens is 1. The topological polar surface area (TPSA) is 57.7 Å². The molecule has 0 fully saturated rings. The predicted octanol–water partition coefficient (Wildman–Crippen LogP) is 2.79. The molecule has 0 saturated carbocycles. The molecule has 4 heterocycles. The summed E-state index contributed by atoms with van der Waals surface area (Å²) in [4.78, 5) is 20.5. The van der Waals surface area contributed by atoms with Crippen LogP contribution in [0.25, 0.3) is 10.7 Å². The minimum absolute atomic E-state index is 0.847. The first kappa shape index (κ1) is 13.6. The van der Waals surface area contributed by atoms with Crippen molar-refractivity contribution in [1.29, 1.82) is 0 Å². The van der Waals surface area contributed by atoms with Gasteiger partial charge in [-0.2, -0.15) is 0 Å². The fourth-order valence-electron chi connectivity index (χ4n) is 2.79. The van der Waals surface area contributed by atoms with E-state index in [2.05, 4.69) is 31.3 Å². The molecular weight excluding hydrogens is 294 g/mol. The van der Waals surface area contributed by atoms with Gasteiger partial charge in [-0.25, -0.2) is 15.0 Å². The van der Waals surface area contributed by atoms with Crippen LogP contribution in [0.2, 0.25) is 0 Å². The van der Waals surface area contributed by atoms with Crippen LogP contribution in [0.15, 0.2) is 29.9 Å². The normalized spacial score (nSPS) is 15.0. The molecule has 5 nitrogen and oxygen atoms in total. The zero-order chi connectivity index (χ0) is 14.9. The van der Waals surface area contributed by atoms with Crippen molar-refractivity contribution >= 4 is 11.3 Å². The van der Waals surface area contributed by atoms with Gasteiger partial charge in [0.15, 0.2) is 5.82 Å². The molecule has 0 atom stereocenters. The second-order valence-corrected chi connectivity index (χ2v) is 6.56. The summed E-state index contributed by atoms with van der Waals surface area (Å²) in [6.45, 7) is 4.77. The summed E-state index contributed by atoms with van der Waals surface area (Å²) in [5.74, 6) is 1.88. The van der Waals surface area contributed by atoms with Gasteiger partial charge in [0.1, 0.15) is 5.82 Å². The van der Waals surface area contributed by atoms with E-state index < -0.39 is 0 Å². The van der Waals surface area contributed by atoms with Crippen molar-refractivity contribution < 1.29 is 0 Å². The first-order valence-corrected chi connectivity index (χ1v) is 8.27. The Bertz CT molecular complexity index is 778. The number of rotatable bonds is 3. The van der Waals surface area contributed by atoms with Crippen LogP contribution in [0.4, 0.5) is 0 Å². The lowest BCUT2D eigenvalue weighted by atomic mass is 10.1. The zero-order valence-corrected chi connectivity index (χ0v) is 13.2. The molecule has 0 amide bonds. The number of imidazole rings is 1. The van der Waals surface area contributed by atoms with Crippen LogP contribution in [0.5, 0.6) is 0 Å². The number of fused-ring (bicyclic) bond motifs is 1. The Hall–Kier alpha value is -2.05. The number of aromatic nitrogens is 4. The molecule has 0 aromatic carbocycles. The lowest BCUT2D eigenvalue weighted by Gasteiger charge is -2.27. The van der Waals surface area contributed by atoms with Gasteiger partial charge in [-0.1, -0.05) is 6.07 Å². The second kappa shape index (κ2) is 5.62. The Morgan fingerprint density at radius 3 is 3.05 bits per heavy atom. The number of nitrogens with one attached hydrogen (secondary N) is 1. The summed E-state index contributed by atoms with van der Waals surface area (Å²) in [6, 6.07) is 4.11. The number of aryl methyl sites for hydroxylation is 1. The molecular formula is C16H17N5S. The van der Waals surface area contributed by atoms with E-state index in [0.29, 0.717) is 0 Å². The van der Waals surface area contributed by atoms with Crippen LogP contribution in [-0.2, 0) is 19.5 Å². The quantitative estimate of drug-likeness (QED) is 0.808. The van der Waals surface area contributed by atoms with E-state index in [1.54, 1.807) is 11.3 Å².